The molecule has 0 amide bonds. The quantitative estimate of drug-likeness (QED) is 0.873. The van der Waals surface area contributed by atoms with Crippen LogP contribution in [0.25, 0.3) is 0 Å². The summed E-state index contributed by atoms with van der Waals surface area (Å²) in [6.07, 6.45) is 4.35. The summed E-state index contributed by atoms with van der Waals surface area (Å²) < 4.78 is 1.65. The van der Waals surface area contributed by atoms with Gasteiger partial charge in [0.05, 0.1) is 18.3 Å². The molecule has 2 atom stereocenters. The van der Waals surface area contributed by atoms with Crippen LogP contribution in [0.3, 0.4) is 0 Å². The van der Waals surface area contributed by atoms with Crippen molar-refractivity contribution in [2.24, 2.45) is 5.92 Å². The summed E-state index contributed by atoms with van der Waals surface area (Å²) in [5.74, 6) is 1.09. The van der Waals surface area contributed by atoms with Crippen LogP contribution >= 0.6 is 0 Å². The molecule has 0 aromatic carbocycles. The highest BCUT2D eigenvalue weighted by Gasteiger charge is 2.40. The van der Waals surface area contributed by atoms with E-state index in [4.69, 9.17) is 0 Å². The van der Waals surface area contributed by atoms with Crippen molar-refractivity contribution < 1.29 is 5.11 Å². The lowest BCUT2D eigenvalue weighted by atomic mass is 9.83. The average Bonchev–Trinajstić information content (AvgIpc) is 3.21. The van der Waals surface area contributed by atoms with Gasteiger partial charge in [-0.25, -0.2) is 4.68 Å². The first-order valence-corrected chi connectivity index (χ1v) is 7.71. The first kappa shape index (κ1) is 12.5. The van der Waals surface area contributed by atoms with Crippen LogP contribution < -0.4 is 5.56 Å². The molecule has 2 aliphatic carbocycles. The molecule has 2 heterocycles. The summed E-state index contributed by atoms with van der Waals surface area (Å²) >= 11 is 0. The largest absolute Gasteiger partial charge is 0.391 e. The van der Waals surface area contributed by atoms with Crippen LogP contribution in [0.4, 0.5) is 0 Å². The van der Waals surface area contributed by atoms with Crippen LogP contribution in [-0.4, -0.2) is 45.0 Å². The minimum atomic E-state index is -0.130. The monoisotopic (exact) mass is 275 g/mol. The van der Waals surface area contributed by atoms with Gasteiger partial charge in [0.15, 0.2) is 0 Å². The molecule has 2 unspecified atom stereocenters. The average molecular weight is 275 g/mol. The Balaban J connectivity index is 1.38. The molecule has 1 aromatic heterocycles. The Labute approximate surface area is 118 Å². The van der Waals surface area contributed by atoms with Crippen LogP contribution in [0.1, 0.15) is 37.3 Å². The fraction of sp³-hybridized carbons (Fsp3) is 0.733. The molecule has 2 saturated carbocycles. The lowest BCUT2D eigenvalue weighted by Crippen LogP contribution is -2.60. The van der Waals surface area contributed by atoms with E-state index in [1.54, 1.807) is 10.7 Å². The number of hydrogen-bond acceptors (Lipinski definition) is 4. The maximum atomic E-state index is 11.9. The Morgan fingerprint density at radius 2 is 2.00 bits per heavy atom. The van der Waals surface area contributed by atoms with Crippen molar-refractivity contribution in [2.75, 3.05) is 13.1 Å². The van der Waals surface area contributed by atoms with E-state index >= 15 is 0 Å². The van der Waals surface area contributed by atoms with E-state index < -0.39 is 0 Å². The van der Waals surface area contributed by atoms with Crippen molar-refractivity contribution in [3.63, 3.8) is 0 Å². The maximum absolute atomic E-state index is 11.9. The molecule has 4 rings (SSSR count). The minimum absolute atomic E-state index is 0.0107. The molecular formula is C15H21N3O2. The summed E-state index contributed by atoms with van der Waals surface area (Å²) in [6.45, 7) is 2.70. The van der Waals surface area contributed by atoms with E-state index in [0.717, 1.165) is 38.2 Å². The second-order valence-corrected chi connectivity index (χ2v) is 6.58. The van der Waals surface area contributed by atoms with Crippen molar-refractivity contribution in [1.29, 1.82) is 0 Å². The second kappa shape index (κ2) is 4.67. The van der Waals surface area contributed by atoms with Gasteiger partial charge >= 0.3 is 0 Å². The van der Waals surface area contributed by atoms with Crippen LogP contribution in [0.15, 0.2) is 16.9 Å². The molecule has 1 N–H and O–H groups in total. The number of aliphatic hydroxyl groups is 1. The Bertz CT molecular complexity index is 560. The third-order valence-corrected chi connectivity index (χ3v) is 4.97. The van der Waals surface area contributed by atoms with Gasteiger partial charge in [0.25, 0.3) is 5.56 Å². The van der Waals surface area contributed by atoms with Crippen molar-refractivity contribution in [2.45, 2.75) is 50.3 Å². The van der Waals surface area contributed by atoms with Crippen molar-refractivity contribution in [3.05, 3.63) is 28.2 Å². The van der Waals surface area contributed by atoms with E-state index in [1.807, 2.05) is 6.07 Å². The van der Waals surface area contributed by atoms with Crippen LogP contribution in [0.5, 0.6) is 0 Å². The van der Waals surface area contributed by atoms with E-state index in [2.05, 4.69) is 10.00 Å². The molecule has 108 valence electrons. The highest BCUT2D eigenvalue weighted by Crippen LogP contribution is 2.38. The number of aromatic nitrogens is 2. The predicted molar refractivity (Wildman–Crippen MR) is 74.6 cm³/mol. The third-order valence-electron chi connectivity index (χ3n) is 4.97. The molecule has 3 aliphatic rings. The second-order valence-electron chi connectivity index (χ2n) is 6.58. The Morgan fingerprint density at radius 3 is 2.60 bits per heavy atom. The fourth-order valence-electron chi connectivity index (χ4n) is 3.32. The highest BCUT2D eigenvalue weighted by atomic mass is 16.3. The van der Waals surface area contributed by atoms with E-state index in [1.165, 1.54) is 12.8 Å². The molecule has 0 bridgehead atoms. The molecule has 20 heavy (non-hydrogen) atoms. The number of nitrogens with zero attached hydrogens (tertiary/aromatic N) is 3. The first-order chi connectivity index (χ1) is 9.70. The van der Waals surface area contributed by atoms with Crippen LogP contribution in [0.2, 0.25) is 0 Å². The van der Waals surface area contributed by atoms with Gasteiger partial charge in [-0.3, -0.25) is 9.69 Å². The Morgan fingerprint density at radius 1 is 1.20 bits per heavy atom. The number of hydrogen-bond donors (Lipinski definition) is 1. The van der Waals surface area contributed by atoms with E-state index in [0.29, 0.717) is 17.9 Å². The molecule has 0 radical (unpaired) electrons. The first-order valence-electron chi connectivity index (χ1n) is 7.71. The summed E-state index contributed by atoms with van der Waals surface area (Å²) in [6, 6.07) is 3.91. The van der Waals surface area contributed by atoms with E-state index in [-0.39, 0.29) is 11.7 Å². The van der Waals surface area contributed by atoms with Crippen molar-refractivity contribution >= 4 is 0 Å². The van der Waals surface area contributed by atoms with Gasteiger partial charge in [-0.2, -0.15) is 5.10 Å². The normalized spacial score (nSPS) is 30.9. The fourth-order valence-corrected chi connectivity index (χ4v) is 3.32. The van der Waals surface area contributed by atoms with Gasteiger partial charge in [-0.15, -0.1) is 0 Å². The van der Waals surface area contributed by atoms with Gasteiger partial charge in [0, 0.05) is 37.0 Å². The van der Waals surface area contributed by atoms with Gasteiger partial charge in [-0.1, -0.05) is 0 Å². The zero-order valence-electron chi connectivity index (χ0n) is 11.6. The Kier molecular flexibility index (Phi) is 2.93. The minimum Gasteiger partial charge on any atom is -0.391 e. The zero-order chi connectivity index (χ0) is 13.7. The molecule has 3 fully saturated rings. The van der Waals surface area contributed by atoms with Gasteiger partial charge < -0.3 is 5.11 Å². The van der Waals surface area contributed by atoms with Gasteiger partial charge in [0.2, 0.25) is 0 Å². The maximum Gasteiger partial charge on any atom is 0.266 e. The summed E-state index contributed by atoms with van der Waals surface area (Å²) in [4.78, 5) is 14.2. The molecule has 5 nitrogen and oxygen atoms in total. The summed E-state index contributed by atoms with van der Waals surface area (Å²) in [5, 5.41) is 14.2. The molecule has 1 aliphatic heterocycles. The molecular weight excluding hydrogens is 254 g/mol. The smallest absolute Gasteiger partial charge is 0.266 e. The summed E-state index contributed by atoms with van der Waals surface area (Å²) in [5.41, 5.74) is 1.09. The topological polar surface area (TPSA) is 58.4 Å². The zero-order valence-corrected chi connectivity index (χ0v) is 11.6. The van der Waals surface area contributed by atoms with Crippen LogP contribution in [-0.2, 0) is 6.54 Å². The third kappa shape index (κ3) is 2.19. The highest BCUT2D eigenvalue weighted by molar-refractivity contribution is 5.12. The predicted octanol–water partition coefficient (Wildman–Crippen LogP) is 0.576. The van der Waals surface area contributed by atoms with E-state index in [9.17, 15) is 9.90 Å². The lowest BCUT2D eigenvalue weighted by Gasteiger charge is -2.50. The molecule has 1 saturated heterocycles. The number of aliphatic hydroxyl groups excluding tert-OH is 1. The SMILES string of the molecule is O=c1ccc(C2CC2)nn1CC1CN(C2CCC2O)C1. The van der Waals surface area contributed by atoms with Gasteiger partial charge in [0.1, 0.15) is 0 Å². The standard InChI is InChI=1S/C15H21N3O2/c19-14-5-4-13(14)17-7-10(8-17)9-18-15(20)6-3-12(16-18)11-1-2-11/h3,6,10-11,13-14,19H,1-2,4-5,7-9H2. The Hall–Kier alpha value is -1.20. The number of likely N-dealkylation sites (tertiary alicyclic amines) is 1. The van der Waals surface area contributed by atoms with Gasteiger partial charge in [-0.05, 0) is 31.7 Å². The molecule has 5 heteroatoms. The van der Waals surface area contributed by atoms with Crippen molar-refractivity contribution in [3.8, 4) is 0 Å². The van der Waals surface area contributed by atoms with Crippen molar-refractivity contribution in [1.82, 2.24) is 14.7 Å². The lowest BCUT2D eigenvalue weighted by molar-refractivity contribution is -0.0721. The molecule has 0 spiro atoms. The van der Waals surface area contributed by atoms with Crippen LogP contribution in [0, 0.1) is 5.92 Å². The number of rotatable bonds is 4. The molecule has 1 aromatic rings. The summed E-state index contributed by atoms with van der Waals surface area (Å²) in [7, 11) is 0.